The van der Waals surface area contributed by atoms with Crippen molar-refractivity contribution in [2.24, 2.45) is 0 Å². The van der Waals surface area contributed by atoms with E-state index in [1.807, 2.05) is 0 Å². The van der Waals surface area contributed by atoms with Crippen molar-refractivity contribution in [3.63, 3.8) is 0 Å². The highest BCUT2D eigenvalue weighted by atomic mass is 35.5. The second-order valence-electron chi connectivity index (χ2n) is 6.27. The number of halogens is 2. The third-order valence-corrected chi connectivity index (χ3v) is 7.82. The molecule has 0 aliphatic carbocycles. The van der Waals surface area contributed by atoms with Crippen LogP contribution in [-0.4, -0.2) is 32.7 Å². The van der Waals surface area contributed by atoms with Gasteiger partial charge in [-0.15, -0.1) is 11.3 Å². The molecule has 1 aromatic heterocycles. The van der Waals surface area contributed by atoms with Gasteiger partial charge < -0.3 is 10.1 Å². The fourth-order valence-electron chi connectivity index (χ4n) is 2.87. The number of ether oxygens (including phenoxy) is 1. The lowest BCUT2D eigenvalue weighted by Gasteiger charge is -2.13. The topological polar surface area (TPSA) is 89.5 Å². The van der Waals surface area contributed by atoms with Crippen LogP contribution in [0.15, 0.2) is 24.3 Å². The molecule has 1 aliphatic heterocycles. The number of benzene rings is 1. The average molecular weight is 474 g/mol. The van der Waals surface area contributed by atoms with Gasteiger partial charge in [0.1, 0.15) is 5.00 Å². The number of anilines is 1. The number of thiophene rings is 1. The number of carbonyl (C=O) groups excluding carboxylic acids is 2. The molecule has 1 amide bonds. The predicted octanol–water partition coefficient (Wildman–Crippen LogP) is 4.35. The van der Waals surface area contributed by atoms with Crippen LogP contribution in [0.25, 0.3) is 6.08 Å². The van der Waals surface area contributed by atoms with E-state index in [1.165, 1.54) is 6.08 Å². The fraction of sp³-hybridized carbons (Fsp3) is 0.263. The molecule has 1 aliphatic rings. The Hall–Kier alpha value is -1.87. The molecular weight excluding hydrogens is 457 g/mol. The van der Waals surface area contributed by atoms with E-state index in [0.717, 1.165) is 11.3 Å². The summed E-state index contributed by atoms with van der Waals surface area (Å²) in [7, 11) is -3.21. The van der Waals surface area contributed by atoms with Gasteiger partial charge in [-0.2, -0.15) is 0 Å². The minimum atomic E-state index is -3.21. The monoisotopic (exact) mass is 473 g/mol. The van der Waals surface area contributed by atoms with Gasteiger partial charge in [0, 0.05) is 11.0 Å². The molecule has 2 aromatic rings. The van der Waals surface area contributed by atoms with E-state index in [2.05, 4.69) is 5.32 Å². The number of carbonyl (C=O) groups is 2. The van der Waals surface area contributed by atoms with Crippen LogP contribution >= 0.6 is 34.5 Å². The first-order chi connectivity index (χ1) is 13.7. The average Bonchev–Trinajstić information content (AvgIpc) is 2.98. The maximum atomic E-state index is 12.4. The zero-order valence-corrected chi connectivity index (χ0v) is 18.5. The summed E-state index contributed by atoms with van der Waals surface area (Å²) >= 11 is 12.9. The maximum absolute atomic E-state index is 12.4. The summed E-state index contributed by atoms with van der Waals surface area (Å²) in [6, 6.07) is 4.94. The molecule has 0 radical (unpaired) electrons. The summed E-state index contributed by atoms with van der Waals surface area (Å²) < 4.78 is 29.0. The van der Waals surface area contributed by atoms with Crippen LogP contribution in [-0.2, 0) is 31.5 Å². The first-order valence-corrected chi connectivity index (χ1v) is 12.1. The maximum Gasteiger partial charge on any atom is 0.341 e. The summed E-state index contributed by atoms with van der Waals surface area (Å²) in [5.41, 5.74) is 1.54. The lowest BCUT2D eigenvalue weighted by Crippen LogP contribution is -2.20. The summed E-state index contributed by atoms with van der Waals surface area (Å²) in [4.78, 5) is 25.4. The summed E-state index contributed by atoms with van der Waals surface area (Å²) in [5.74, 6) is -1.22. The van der Waals surface area contributed by atoms with E-state index < -0.39 is 21.7 Å². The highest BCUT2D eigenvalue weighted by Crippen LogP contribution is 2.38. The van der Waals surface area contributed by atoms with Gasteiger partial charge >= 0.3 is 5.97 Å². The number of hydrogen-bond acceptors (Lipinski definition) is 6. The van der Waals surface area contributed by atoms with Crippen molar-refractivity contribution in [3.05, 3.63) is 55.9 Å². The van der Waals surface area contributed by atoms with Crippen molar-refractivity contribution >= 4 is 67.3 Å². The molecule has 0 fully saturated rings. The van der Waals surface area contributed by atoms with Gasteiger partial charge in [0.25, 0.3) is 0 Å². The number of nitrogens with one attached hydrogen (secondary N) is 1. The quantitative estimate of drug-likeness (QED) is 0.514. The van der Waals surface area contributed by atoms with Crippen LogP contribution < -0.4 is 5.32 Å². The van der Waals surface area contributed by atoms with Crippen molar-refractivity contribution < 1.29 is 22.7 Å². The Labute approximate surface area is 182 Å². The molecule has 0 saturated carbocycles. The summed E-state index contributed by atoms with van der Waals surface area (Å²) in [5, 5.41) is 3.73. The number of amides is 1. The molecule has 1 N–H and O–H groups in total. The van der Waals surface area contributed by atoms with Gasteiger partial charge in [0.2, 0.25) is 5.91 Å². The normalized spacial score (nSPS) is 15.1. The largest absolute Gasteiger partial charge is 0.462 e. The Morgan fingerprint density at radius 1 is 1.28 bits per heavy atom. The Balaban J connectivity index is 1.86. The lowest BCUT2D eigenvalue weighted by molar-refractivity contribution is -0.111. The SMILES string of the molecule is CCOC(=O)c1c(NC(=O)/C=C/c2ccc(Cl)c(Cl)c2)sc2c1CCS(=O)(=O)C2. The lowest BCUT2D eigenvalue weighted by atomic mass is 10.1. The number of hydrogen-bond donors (Lipinski definition) is 1. The van der Waals surface area contributed by atoms with Crippen molar-refractivity contribution in [2.45, 2.75) is 19.1 Å². The minimum absolute atomic E-state index is 0.0340. The second-order valence-corrected chi connectivity index (χ2v) is 10.4. The number of rotatable bonds is 5. The molecule has 2 heterocycles. The molecular formula is C19H17Cl2NO5S2. The van der Waals surface area contributed by atoms with Gasteiger partial charge in [0.15, 0.2) is 9.84 Å². The Bertz CT molecular complexity index is 1110. The minimum Gasteiger partial charge on any atom is -0.462 e. The van der Waals surface area contributed by atoms with Crippen LogP contribution in [0.2, 0.25) is 10.0 Å². The van der Waals surface area contributed by atoms with E-state index >= 15 is 0 Å². The van der Waals surface area contributed by atoms with E-state index in [4.69, 9.17) is 27.9 Å². The molecule has 0 unspecified atom stereocenters. The van der Waals surface area contributed by atoms with Gasteiger partial charge in [-0.05, 0) is 42.7 Å². The first kappa shape index (κ1) is 21.8. The Morgan fingerprint density at radius 2 is 2.03 bits per heavy atom. The number of fused-ring (bicyclic) bond motifs is 1. The van der Waals surface area contributed by atoms with Gasteiger partial charge in [-0.1, -0.05) is 29.3 Å². The zero-order chi connectivity index (χ0) is 21.2. The van der Waals surface area contributed by atoms with Crippen LogP contribution in [0.3, 0.4) is 0 Å². The van der Waals surface area contributed by atoms with Crippen molar-refractivity contribution in [3.8, 4) is 0 Å². The Kier molecular flexibility index (Phi) is 6.68. The van der Waals surface area contributed by atoms with Crippen molar-refractivity contribution in [1.82, 2.24) is 0 Å². The molecule has 3 rings (SSSR count). The Morgan fingerprint density at radius 3 is 2.72 bits per heavy atom. The zero-order valence-electron chi connectivity index (χ0n) is 15.3. The molecule has 6 nitrogen and oxygen atoms in total. The predicted molar refractivity (Wildman–Crippen MR) is 116 cm³/mol. The molecule has 0 bridgehead atoms. The second kappa shape index (κ2) is 8.87. The fourth-order valence-corrected chi connectivity index (χ4v) is 6.22. The first-order valence-electron chi connectivity index (χ1n) is 8.66. The molecule has 1 aromatic carbocycles. The van der Waals surface area contributed by atoms with E-state index in [0.29, 0.717) is 26.0 Å². The molecule has 0 atom stereocenters. The van der Waals surface area contributed by atoms with Crippen LogP contribution in [0.1, 0.15) is 33.3 Å². The van der Waals surface area contributed by atoms with Crippen LogP contribution in [0.5, 0.6) is 0 Å². The molecule has 0 spiro atoms. The van der Waals surface area contributed by atoms with Crippen LogP contribution in [0.4, 0.5) is 5.00 Å². The molecule has 0 saturated heterocycles. The van der Waals surface area contributed by atoms with E-state index in [1.54, 1.807) is 31.2 Å². The molecule has 29 heavy (non-hydrogen) atoms. The summed E-state index contributed by atoms with van der Waals surface area (Å²) in [6.45, 7) is 1.85. The van der Waals surface area contributed by atoms with Gasteiger partial charge in [-0.25, -0.2) is 13.2 Å². The van der Waals surface area contributed by atoms with E-state index in [9.17, 15) is 18.0 Å². The van der Waals surface area contributed by atoms with Gasteiger partial charge in [0.05, 0.1) is 33.7 Å². The standard InChI is InChI=1S/C19H17Cl2NO5S2/c1-2-27-19(24)17-12-7-8-29(25,26)10-15(12)28-18(17)22-16(23)6-4-11-3-5-13(20)14(21)9-11/h3-6,9H,2,7-8,10H2,1H3,(H,22,23)/b6-4+. The summed E-state index contributed by atoms with van der Waals surface area (Å²) in [6.07, 6.45) is 3.07. The van der Waals surface area contributed by atoms with Gasteiger partial charge in [-0.3, -0.25) is 4.79 Å². The third-order valence-electron chi connectivity index (χ3n) is 4.19. The highest BCUT2D eigenvalue weighted by molar-refractivity contribution is 7.90. The molecule has 10 heteroatoms. The number of esters is 1. The highest BCUT2D eigenvalue weighted by Gasteiger charge is 2.31. The van der Waals surface area contributed by atoms with Crippen molar-refractivity contribution in [1.29, 1.82) is 0 Å². The van der Waals surface area contributed by atoms with Crippen LogP contribution in [0, 0.1) is 0 Å². The third kappa shape index (κ3) is 5.19. The number of sulfone groups is 1. The van der Waals surface area contributed by atoms with Crippen molar-refractivity contribution in [2.75, 3.05) is 17.7 Å². The smallest absolute Gasteiger partial charge is 0.341 e. The molecule has 154 valence electrons. The van der Waals surface area contributed by atoms with E-state index in [-0.39, 0.29) is 35.1 Å².